The number of nitrogens with one attached hydrogen (secondary N) is 2. The van der Waals surface area contributed by atoms with Gasteiger partial charge in [-0.1, -0.05) is 7.43 Å². The number of guanidine groups is 2. The Morgan fingerprint density at radius 1 is 1.55 bits per heavy atom. The Balaban J connectivity index is 0. The third-order valence-corrected chi connectivity index (χ3v) is 0.935. The van der Waals surface area contributed by atoms with Gasteiger partial charge in [0.1, 0.15) is 0 Å². The summed E-state index contributed by atoms with van der Waals surface area (Å²) in [5, 5.41) is 9.80. The van der Waals surface area contributed by atoms with E-state index in [9.17, 15) is 0 Å². The van der Waals surface area contributed by atoms with E-state index in [0.29, 0.717) is 0 Å². The van der Waals surface area contributed by atoms with E-state index in [1.54, 1.807) is 26.0 Å². The van der Waals surface area contributed by atoms with Crippen LogP contribution in [0.2, 0.25) is 0 Å². The van der Waals surface area contributed by atoms with Crippen LogP contribution in [0, 0.1) is 5.41 Å². The lowest BCUT2D eigenvalue weighted by Gasteiger charge is -2.13. The number of hydrogen-bond donors (Lipinski definition) is 3. The summed E-state index contributed by atoms with van der Waals surface area (Å²) in [7, 11) is 5.06. The lowest BCUT2D eigenvalue weighted by Crippen LogP contribution is -2.43. The zero-order chi connectivity index (χ0) is 8.15. The molecule has 0 aliphatic heterocycles. The van der Waals surface area contributed by atoms with Gasteiger partial charge in [0, 0.05) is 21.1 Å². The van der Waals surface area contributed by atoms with E-state index >= 15 is 0 Å². The van der Waals surface area contributed by atoms with Crippen LogP contribution in [0.4, 0.5) is 0 Å². The van der Waals surface area contributed by atoms with Crippen molar-refractivity contribution in [2.45, 2.75) is 7.43 Å². The van der Waals surface area contributed by atoms with E-state index in [0.717, 1.165) is 0 Å². The average molecular weight is 159 g/mol. The van der Waals surface area contributed by atoms with E-state index in [-0.39, 0.29) is 19.3 Å². The smallest absolute Gasteiger partial charge is 0.197 e. The maximum absolute atomic E-state index is 7.23. The van der Waals surface area contributed by atoms with Crippen LogP contribution in [-0.4, -0.2) is 38.0 Å². The van der Waals surface area contributed by atoms with Crippen molar-refractivity contribution in [1.29, 1.82) is 5.41 Å². The van der Waals surface area contributed by atoms with E-state index in [4.69, 9.17) is 11.1 Å². The molecule has 0 spiro atoms. The summed E-state index contributed by atoms with van der Waals surface area (Å²) in [5.74, 6) is 0.474. The standard InChI is InChI=1S/C5H13N5.CH4/c1-8-4(6)9-5(7)10(2)3;/h1-3H3,(H4,6,7,8,9);1H4. The Labute approximate surface area is 67.8 Å². The fourth-order valence-electron chi connectivity index (χ4n) is 0.289. The van der Waals surface area contributed by atoms with Crippen molar-refractivity contribution in [1.82, 2.24) is 10.2 Å². The summed E-state index contributed by atoms with van der Waals surface area (Å²) < 4.78 is 0. The van der Waals surface area contributed by atoms with Crippen LogP contribution < -0.4 is 11.1 Å². The number of hydrogen-bond acceptors (Lipinski definition) is 2. The van der Waals surface area contributed by atoms with E-state index in [2.05, 4.69) is 10.3 Å². The van der Waals surface area contributed by atoms with Crippen molar-refractivity contribution in [3.63, 3.8) is 0 Å². The molecule has 0 aromatic rings. The molecular formula is C6H17N5. The van der Waals surface area contributed by atoms with Gasteiger partial charge in [-0.05, 0) is 0 Å². The second-order valence-corrected chi connectivity index (χ2v) is 1.98. The minimum atomic E-state index is 0. The fourth-order valence-corrected chi connectivity index (χ4v) is 0.289. The Kier molecular flexibility index (Phi) is 6.23. The zero-order valence-corrected chi connectivity index (χ0v) is 6.47. The molecule has 0 unspecified atom stereocenters. The molecule has 0 aliphatic rings. The molecule has 0 fully saturated rings. The SMILES string of the molecule is C.CN=C(N)NC(=N)N(C)C. The van der Waals surface area contributed by atoms with Gasteiger partial charge in [0.2, 0.25) is 0 Å². The van der Waals surface area contributed by atoms with Gasteiger partial charge in [0.15, 0.2) is 11.9 Å². The van der Waals surface area contributed by atoms with Crippen LogP contribution in [0.25, 0.3) is 0 Å². The molecule has 4 N–H and O–H groups in total. The maximum atomic E-state index is 7.23. The minimum absolute atomic E-state index is 0. The lowest BCUT2D eigenvalue weighted by atomic mass is 10.7. The number of nitrogens with two attached hydrogens (primary N) is 1. The van der Waals surface area contributed by atoms with Crippen LogP contribution in [0.15, 0.2) is 4.99 Å². The normalized spacial score (nSPS) is 9.91. The molecule has 0 saturated heterocycles. The maximum Gasteiger partial charge on any atom is 0.197 e. The van der Waals surface area contributed by atoms with Gasteiger partial charge in [-0.15, -0.1) is 0 Å². The van der Waals surface area contributed by atoms with Gasteiger partial charge >= 0.3 is 0 Å². The van der Waals surface area contributed by atoms with Crippen LogP contribution in [-0.2, 0) is 0 Å². The van der Waals surface area contributed by atoms with Crippen LogP contribution in [0.3, 0.4) is 0 Å². The molecule has 0 radical (unpaired) electrons. The van der Waals surface area contributed by atoms with Gasteiger partial charge in [0.25, 0.3) is 0 Å². The Hall–Kier alpha value is -1.26. The molecular weight excluding hydrogens is 142 g/mol. The average Bonchev–Trinajstić information content (AvgIpc) is 1.87. The lowest BCUT2D eigenvalue weighted by molar-refractivity contribution is 0.599. The van der Waals surface area contributed by atoms with Gasteiger partial charge in [-0.25, -0.2) is 0 Å². The van der Waals surface area contributed by atoms with Crippen molar-refractivity contribution in [2.75, 3.05) is 21.1 Å². The number of rotatable bonds is 0. The first-order chi connectivity index (χ1) is 4.57. The van der Waals surface area contributed by atoms with Crippen LogP contribution in [0.5, 0.6) is 0 Å². The number of nitrogens with zero attached hydrogens (tertiary/aromatic N) is 2. The molecule has 0 bridgehead atoms. The molecule has 0 aromatic carbocycles. The first kappa shape index (κ1) is 12.4. The van der Waals surface area contributed by atoms with Crippen LogP contribution in [0.1, 0.15) is 7.43 Å². The summed E-state index contributed by atoms with van der Waals surface area (Å²) in [4.78, 5) is 5.22. The molecule has 0 aliphatic carbocycles. The van der Waals surface area contributed by atoms with Crippen molar-refractivity contribution >= 4 is 11.9 Å². The molecule has 0 atom stereocenters. The highest BCUT2D eigenvalue weighted by Crippen LogP contribution is 1.71. The summed E-state index contributed by atoms with van der Waals surface area (Å²) in [5.41, 5.74) is 5.28. The predicted molar refractivity (Wildman–Crippen MR) is 48.8 cm³/mol. The highest BCUT2D eigenvalue weighted by molar-refractivity contribution is 5.96. The predicted octanol–water partition coefficient (Wildman–Crippen LogP) is -0.347. The monoisotopic (exact) mass is 159 g/mol. The molecule has 0 saturated carbocycles. The van der Waals surface area contributed by atoms with E-state index in [1.807, 2.05) is 0 Å². The van der Waals surface area contributed by atoms with Gasteiger partial charge in [-0.3, -0.25) is 15.7 Å². The third-order valence-electron chi connectivity index (χ3n) is 0.935. The van der Waals surface area contributed by atoms with E-state index < -0.39 is 0 Å². The van der Waals surface area contributed by atoms with Gasteiger partial charge in [-0.2, -0.15) is 0 Å². The molecule has 66 valence electrons. The summed E-state index contributed by atoms with van der Waals surface area (Å²) in [6.07, 6.45) is 0. The topological polar surface area (TPSA) is 77.5 Å². The second-order valence-electron chi connectivity index (χ2n) is 1.98. The molecule has 0 aromatic heterocycles. The highest BCUT2D eigenvalue weighted by Gasteiger charge is 1.97. The zero-order valence-electron chi connectivity index (χ0n) is 6.47. The number of aliphatic imine (C=N–C) groups is 1. The van der Waals surface area contributed by atoms with E-state index in [1.165, 1.54) is 0 Å². The third kappa shape index (κ3) is 5.20. The van der Waals surface area contributed by atoms with Crippen LogP contribution >= 0.6 is 0 Å². The molecule has 0 heterocycles. The van der Waals surface area contributed by atoms with Crippen molar-refractivity contribution in [3.05, 3.63) is 0 Å². The first-order valence-electron chi connectivity index (χ1n) is 2.83. The summed E-state index contributed by atoms with van der Waals surface area (Å²) in [6, 6.07) is 0. The summed E-state index contributed by atoms with van der Waals surface area (Å²) in [6.45, 7) is 0. The molecule has 5 nitrogen and oxygen atoms in total. The van der Waals surface area contributed by atoms with Gasteiger partial charge in [0.05, 0.1) is 0 Å². The molecule has 0 rings (SSSR count). The highest BCUT2D eigenvalue weighted by atomic mass is 15.3. The Morgan fingerprint density at radius 2 is 2.00 bits per heavy atom. The molecule has 11 heavy (non-hydrogen) atoms. The van der Waals surface area contributed by atoms with Crippen molar-refractivity contribution in [3.8, 4) is 0 Å². The molecule has 0 amide bonds. The largest absolute Gasteiger partial charge is 0.370 e. The fraction of sp³-hybridized carbons (Fsp3) is 0.667. The van der Waals surface area contributed by atoms with Crippen molar-refractivity contribution < 1.29 is 0 Å². The minimum Gasteiger partial charge on any atom is -0.370 e. The summed E-state index contributed by atoms with van der Waals surface area (Å²) >= 11 is 0. The Morgan fingerprint density at radius 3 is 2.27 bits per heavy atom. The Bertz CT molecular complexity index is 149. The first-order valence-corrected chi connectivity index (χ1v) is 2.83. The molecule has 5 heteroatoms. The van der Waals surface area contributed by atoms with Gasteiger partial charge < -0.3 is 10.6 Å². The quantitative estimate of drug-likeness (QED) is 0.334. The van der Waals surface area contributed by atoms with Crippen molar-refractivity contribution in [2.24, 2.45) is 10.7 Å². The second kappa shape index (κ2) is 5.52.